The van der Waals surface area contributed by atoms with E-state index in [4.69, 9.17) is 0 Å². The number of nitrogens with zero attached hydrogens (tertiary/aromatic N) is 4. The first-order valence-corrected chi connectivity index (χ1v) is 6.68. The van der Waals surface area contributed by atoms with Crippen molar-refractivity contribution in [1.29, 1.82) is 0 Å². The molecule has 3 rings (SSSR count). The zero-order valence-electron chi connectivity index (χ0n) is 11.6. The van der Waals surface area contributed by atoms with Crippen molar-refractivity contribution in [3.05, 3.63) is 48.5 Å². The Balaban J connectivity index is 1.79. The van der Waals surface area contributed by atoms with Gasteiger partial charge in [0.15, 0.2) is 0 Å². The third-order valence-electron chi connectivity index (χ3n) is 3.15. The van der Waals surface area contributed by atoms with E-state index < -0.39 is 0 Å². The number of nitrogens with one attached hydrogen (secondary N) is 1. The van der Waals surface area contributed by atoms with Crippen molar-refractivity contribution < 1.29 is 0 Å². The largest absolute Gasteiger partial charge is 0.365 e. The lowest BCUT2D eigenvalue weighted by Crippen LogP contribution is -2.23. The van der Waals surface area contributed by atoms with Crippen molar-refractivity contribution in [1.82, 2.24) is 19.7 Å². The fourth-order valence-corrected chi connectivity index (χ4v) is 2.25. The average Bonchev–Trinajstić information content (AvgIpc) is 2.84. The van der Waals surface area contributed by atoms with E-state index >= 15 is 0 Å². The van der Waals surface area contributed by atoms with Crippen molar-refractivity contribution in [2.45, 2.75) is 26.4 Å². The predicted molar refractivity (Wildman–Crippen MR) is 79.6 cm³/mol. The van der Waals surface area contributed by atoms with Gasteiger partial charge in [-0.25, -0.2) is 9.97 Å². The van der Waals surface area contributed by atoms with E-state index in [0.29, 0.717) is 0 Å². The Kier molecular flexibility index (Phi) is 3.33. The third-order valence-corrected chi connectivity index (χ3v) is 3.15. The molecule has 1 atom stereocenters. The van der Waals surface area contributed by atoms with Crippen LogP contribution in [0.15, 0.2) is 43.0 Å². The summed E-state index contributed by atoms with van der Waals surface area (Å²) in [4.78, 5) is 8.61. The van der Waals surface area contributed by atoms with Gasteiger partial charge in [0.2, 0.25) is 0 Å². The quantitative estimate of drug-likeness (QED) is 0.789. The van der Waals surface area contributed by atoms with Crippen LogP contribution in [-0.4, -0.2) is 25.8 Å². The Labute approximate surface area is 117 Å². The first-order chi connectivity index (χ1) is 9.72. The number of aromatic nitrogens is 4. The maximum Gasteiger partial charge on any atom is 0.137 e. The van der Waals surface area contributed by atoms with Gasteiger partial charge in [0, 0.05) is 17.6 Å². The van der Waals surface area contributed by atoms with Gasteiger partial charge in [0.05, 0.1) is 18.3 Å². The van der Waals surface area contributed by atoms with Crippen LogP contribution < -0.4 is 5.32 Å². The number of anilines is 1. The number of para-hydroxylation sites is 1. The number of rotatable bonds is 4. The summed E-state index contributed by atoms with van der Waals surface area (Å²) in [5, 5.41) is 8.77. The maximum absolute atomic E-state index is 4.34. The van der Waals surface area contributed by atoms with Crippen LogP contribution in [-0.2, 0) is 6.54 Å². The molecule has 0 fully saturated rings. The summed E-state index contributed by atoms with van der Waals surface area (Å²) < 4.78 is 1.94. The molecule has 5 heteroatoms. The molecule has 20 heavy (non-hydrogen) atoms. The van der Waals surface area contributed by atoms with Crippen LogP contribution >= 0.6 is 0 Å². The number of hydrogen-bond donors (Lipinski definition) is 1. The molecule has 0 unspecified atom stereocenters. The summed E-state index contributed by atoms with van der Waals surface area (Å²) in [6.07, 6.45) is 5.50. The molecule has 5 nitrogen and oxygen atoms in total. The van der Waals surface area contributed by atoms with Crippen molar-refractivity contribution in [3.63, 3.8) is 0 Å². The SMILES string of the molecule is Cc1cnn(C[C@H](C)Nc2ncnc3ccccc23)c1. The van der Waals surface area contributed by atoms with Crippen LogP contribution in [0.1, 0.15) is 12.5 Å². The van der Waals surface area contributed by atoms with Crippen LogP contribution in [0.2, 0.25) is 0 Å². The van der Waals surface area contributed by atoms with Gasteiger partial charge >= 0.3 is 0 Å². The molecular weight excluding hydrogens is 250 g/mol. The van der Waals surface area contributed by atoms with Crippen molar-refractivity contribution in [2.75, 3.05) is 5.32 Å². The zero-order valence-corrected chi connectivity index (χ0v) is 11.6. The minimum absolute atomic E-state index is 0.229. The Morgan fingerprint density at radius 1 is 1.25 bits per heavy atom. The Bertz CT molecular complexity index is 714. The first-order valence-electron chi connectivity index (χ1n) is 6.68. The fraction of sp³-hybridized carbons (Fsp3) is 0.267. The van der Waals surface area contributed by atoms with E-state index in [1.54, 1.807) is 6.33 Å². The lowest BCUT2D eigenvalue weighted by Gasteiger charge is -2.15. The monoisotopic (exact) mass is 267 g/mol. The van der Waals surface area contributed by atoms with Gasteiger partial charge in [-0.15, -0.1) is 0 Å². The summed E-state index contributed by atoms with van der Waals surface area (Å²) in [5.41, 5.74) is 2.12. The second-order valence-corrected chi connectivity index (χ2v) is 5.02. The van der Waals surface area contributed by atoms with Crippen LogP contribution in [0.5, 0.6) is 0 Å². The van der Waals surface area contributed by atoms with Crippen molar-refractivity contribution in [2.24, 2.45) is 0 Å². The van der Waals surface area contributed by atoms with Gasteiger partial charge in [-0.2, -0.15) is 5.10 Å². The van der Waals surface area contributed by atoms with Crippen LogP contribution in [0.3, 0.4) is 0 Å². The molecule has 0 bridgehead atoms. The molecule has 102 valence electrons. The molecule has 0 amide bonds. The molecule has 0 aliphatic heterocycles. The van der Waals surface area contributed by atoms with E-state index in [1.165, 1.54) is 5.56 Å². The normalized spacial score (nSPS) is 12.5. The zero-order chi connectivity index (χ0) is 13.9. The summed E-state index contributed by atoms with van der Waals surface area (Å²) in [7, 11) is 0. The maximum atomic E-state index is 4.34. The minimum Gasteiger partial charge on any atom is -0.365 e. The molecule has 0 aliphatic carbocycles. The Morgan fingerprint density at radius 2 is 2.10 bits per heavy atom. The molecule has 0 saturated carbocycles. The van der Waals surface area contributed by atoms with Crippen LogP contribution in [0, 0.1) is 6.92 Å². The summed E-state index contributed by atoms with van der Waals surface area (Å²) in [5.74, 6) is 0.868. The number of fused-ring (bicyclic) bond motifs is 1. The van der Waals surface area contributed by atoms with Gasteiger partial charge < -0.3 is 5.32 Å². The van der Waals surface area contributed by atoms with E-state index in [1.807, 2.05) is 48.3 Å². The van der Waals surface area contributed by atoms with E-state index in [9.17, 15) is 0 Å². The lowest BCUT2D eigenvalue weighted by molar-refractivity contribution is 0.560. The van der Waals surface area contributed by atoms with Gasteiger partial charge in [0.1, 0.15) is 12.1 Å². The molecule has 3 aromatic rings. The molecule has 1 N–H and O–H groups in total. The molecule has 2 aromatic heterocycles. The van der Waals surface area contributed by atoms with E-state index in [2.05, 4.69) is 27.3 Å². The van der Waals surface area contributed by atoms with E-state index in [0.717, 1.165) is 23.3 Å². The molecule has 2 heterocycles. The summed E-state index contributed by atoms with van der Waals surface area (Å²) >= 11 is 0. The number of hydrogen-bond acceptors (Lipinski definition) is 4. The Hall–Kier alpha value is -2.43. The molecule has 0 saturated heterocycles. The second-order valence-electron chi connectivity index (χ2n) is 5.02. The summed E-state index contributed by atoms with van der Waals surface area (Å²) in [6, 6.07) is 8.23. The van der Waals surface area contributed by atoms with Gasteiger partial charge in [-0.1, -0.05) is 12.1 Å². The highest BCUT2D eigenvalue weighted by Crippen LogP contribution is 2.19. The topological polar surface area (TPSA) is 55.6 Å². The highest BCUT2D eigenvalue weighted by atomic mass is 15.3. The number of aryl methyl sites for hydroxylation is 1. The average molecular weight is 267 g/mol. The standard InChI is InChI=1S/C15H17N5/c1-11-7-18-20(8-11)9-12(2)19-15-13-5-3-4-6-14(13)16-10-17-15/h3-8,10,12H,9H2,1-2H3,(H,16,17,19)/t12-/m0/s1. The highest BCUT2D eigenvalue weighted by Gasteiger charge is 2.08. The molecule has 0 spiro atoms. The van der Waals surface area contributed by atoms with Crippen LogP contribution in [0.25, 0.3) is 10.9 Å². The van der Waals surface area contributed by atoms with Gasteiger partial charge in [-0.3, -0.25) is 4.68 Å². The van der Waals surface area contributed by atoms with Gasteiger partial charge in [-0.05, 0) is 31.5 Å². The lowest BCUT2D eigenvalue weighted by atomic mass is 10.2. The third kappa shape index (κ3) is 2.61. The smallest absolute Gasteiger partial charge is 0.137 e. The predicted octanol–water partition coefficient (Wildman–Crippen LogP) is 2.64. The minimum atomic E-state index is 0.229. The molecular formula is C15H17N5. The second kappa shape index (κ2) is 5.28. The summed E-state index contributed by atoms with van der Waals surface area (Å²) in [6.45, 7) is 4.96. The van der Waals surface area contributed by atoms with Gasteiger partial charge in [0.25, 0.3) is 0 Å². The van der Waals surface area contributed by atoms with E-state index in [-0.39, 0.29) is 6.04 Å². The Morgan fingerprint density at radius 3 is 2.90 bits per heavy atom. The first kappa shape index (κ1) is 12.6. The van der Waals surface area contributed by atoms with Crippen LogP contribution in [0.4, 0.5) is 5.82 Å². The molecule has 0 aliphatic rings. The fourth-order valence-electron chi connectivity index (χ4n) is 2.25. The number of benzene rings is 1. The van der Waals surface area contributed by atoms with Crippen molar-refractivity contribution >= 4 is 16.7 Å². The highest BCUT2D eigenvalue weighted by molar-refractivity contribution is 5.88. The molecule has 1 aromatic carbocycles. The molecule has 0 radical (unpaired) electrons. The van der Waals surface area contributed by atoms with Crippen molar-refractivity contribution in [3.8, 4) is 0 Å².